The first-order valence-corrected chi connectivity index (χ1v) is 10.9. The predicted octanol–water partition coefficient (Wildman–Crippen LogP) is 3.63. The van der Waals surface area contributed by atoms with Crippen LogP contribution in [-0.2, 0) is 10.0 Å². The molecule has 0 bridgehead atoms. The van der Waals surface area contributed by atoms with Crippen LogP contribution < -0.4 is 14.4 Å². The summed E-state index contributed by atoms with van der Waals surface area (Å²) in [5.41, 5.74) is 1.95. The number of nitrogens with one attached hydrogen (secondary N) is 1. The molecule has 0 heterocycles. The van der Waals surface area contributed by atoms with Crippen LogP contribution in [0.3, 0.4) is 0 Å². The van der Waals surface area contributed by atoms with Crippen molar-refractivity contribution in [1.82, 2.24) is 5.32 Å². The Labute approximate surface area is 177 Å². The number of carbonyl (C=O) groups excluding carboxylic acids is 1. The number of anilines is 1. The summed E-state index contributed by atoms with van der Waals surface area (Å²) < 4.78 is 32.3. The zero-order valence-electron chi connectivity index (χ0n) is 16.9. The Bertz CT molecular complexity index is 1100. The Hall–Kier alpha value is -3.32. The van der Waals surface area contributed by atoms with Crippen molar-refractivity contribution in [3.8, 4) is 5.75 Å². The van der Waals surface area contributed by atoms with E-state index in [1.165, 1.54) is 11.4 Å². The summed E-state index contributed by atoms with van der Waals surface area (Å²) >= 11 is 0. The maximum atomic E-state index is 12.7. The number of rotatable bonds is 8. The van der Waals surface area contributed by atoms with Gasteiger partial charge in [-0.15, -0.1) is 0 Å². The van der Waals surface area contributed by atoms with Crippen molar-refractivity contribution in [3.05, 3.63) is 90.0 Å². The fourth-order valence-electron chi connectivity index (χ4n) is 2.86. The summed E-state index contributed by atoms with van der Waals surface area (Å²) in [6, 6.07) is 22.3. The Kier molecular flexibility index (Phi) is 6.74. The first kappa shape index (κ1) is 21.4. The highest BCUT2D eigenvalue weighted by Crippen LogP contribution is 2.22. The molecule has 3 aromatic rings. The van der Waals surface area contributed by atoms with Gasteiger partial charge >= 0.3 is 0 Å². The van der Waals surface area contributed by atoms with E-state index >= 15 is 0 Å². The Morgan fingerprint density at radius 2 is 1.57 bits per heavy atom. The molecule has 0 spiro atoms. The first-order valence-electron chi connectivity index (χ1n) is 9.50. The van der Waals surface area contributed by atoms with Gasteiger partial charge in [-0.1, -0.05) is 36.4 Å². The molecular weight excluding hydrogens is 400 g/mol. The molecule has 0 saturated heterocycles. The van der Waals surface area contributed by atoms with Crippen molar-refractivity contribution in [2.75, 3.05) is 24.5 Å². The van der Waals surface area contributed by atoms with Gasteiger partial charge in [0.15, 0.2) is 0 Å². The number of aryl methyl sites for hydroxylation is 1. The summed E-state index contributed by atoms with van der Waals surface area (Å²) in [5, 5.41) is 2.80. The van der Waals surface area contributed by atoms with E-state index in [2.05, 4.69) is 5.32 Å². The van der Waals surface area contributed by atoms with E-state index in [9.17, 15) is 13.2 Å². The number of benzene rings is 3. The normalized spacial score (nSPS) is 11.0. The van der Waals surface area contributed by atoms with Gasteiger partial charge in [-0.2, -0.15) is 0 Å². The van der Waals surface area contributed by atoms with E-state index in [4.69, 9.17) is 4.74 Å². The molecule has 0 aliphatic rings. The standard InChI is InChI=1S/C23H24N2O4S/c1-18-8-6-7-11-22(18)29-17-16-24-23(26)19-12-14-20(15-13-19)25(2)30(27,28)21-9-4-3-5-10-21/h3-15H,16-17H2,1-2H3,(H,24,26). The first-order chi connectivity index (χ1) is 14.4. The number of sulfonamides is 1. The van der Waals surface area contributed by atoms with Crippen LogP contribution in [0.25, 0.3) is 0 Å². The fraction of sp³-hybridized carbons (Fsp3) is 0.174. The number of hydrogen-bond donors (Lipinski definition) is 1. The lowest BCUT2D eigenvalue weighted by Gasteiger charge is -2.19. The minimum Gasteiger partial charge on any atom is -0.491 e. The van der Waals surface area contributed by atoms with Gasteiger partial charge in [0.25, 0.3) is 15.9 Å². The van der Waals surface area contributed by atoms with Crippen LogP contribution in [-0.4, -0.2) is 34.5 Å². The van der Waals surface area contributed by atoms with Crippen LogP contribution in [0.15, 0.2) is 83.8 Å². The average Bonchev–Trinajstić information content (AvgIpc) is 2.78. The monoisotopic (exact) mass is 424 g/mol. The zero-order chi connectivity index (χ0) is 21.6. The van der Waals surface area contributed by atoms with E-state index in [1.54, 1.807) is 54.6 Å². The third-order valence-corrected chi connectivity index (χ3v) is 6.43. The van der Waals surface area contributed by atoms with Gasteiger partial charge in [0.2, 0.25) is 0 Å². The summed E-state index contributed by atoms with van der Waals surface area (Å²) in [5.74, 6) is 0.544. The number of nitrogens with zero attached hydrogens (tertiary/aromatic N) is 1. The van der Waals surface area contributed by atoms with Gasteiger partial charge in [0, 0.05) is 12.6 Å². The van der Waals surface area contributed by atoms with Crippen LogP contribution in [0, 0.1) is 6.92 Å². The molecule has 7 heteroatoms. The maximum Gasteiger partial charge on any atom is 0.264 e. The molecular formula is C23H24N2O4S. The van der Waals surface area contributed by atoms with Gasteiger partial charge in [-0.05, 0) is 55.0 Å². The predicted molar refractivity (Wildman–Crippen MR) is 117 cm³/mol. The van der Waals surface area contributed by atoms with Crippen LogP contribution in [0.1, 0.15) is 15.9 Å². The summed E-state index contributed by atoms with van der Waals surface area (Å²) in [7, 11) is -2.17. The highest BCUT2D eigenvalue weighted by Gasteiger charge is 2.21. The summed E-state index contributed by atoms with van der Waals surface area (Å²) in [6.07, 6.45) is 0. The molecule has 0 aliphatic carbocycles. The minimum atomic E-state index is -3.66. The SMILES string of the molecule is Cc1ccccc1OCCNC(=O)c1ccc(N(C)S(=O)(=O)c2ccccc2)cc1. The Balaban J connectivity index is 1.57. The highest BCUT2D eigenvalue weighted by molar-refractivity contribution is 7.92. The molecule has 1 amide bonds. The number of carbonyl (C=O) groups is 1. The number of para-hydroxylation sites is 1. The smallest absolute Gasteiger partial charge is 0.264 e. The molecule has 3 aromatic carbocycles. The Morgan fingerprint density at radius 3 is 2.23 bits per heavy atom. The molecule has 0 unspecified atom stereocenters. The molecule has 6 nitrogen and oxygen atoms in total. The van der Waals surface area contributed by atoms with E-state index in [1.807, 2.05) is 31.2 Å². The van der Waals surface area contributed by atoms with Gasteiger partial charge in [-0.25, -0.2) is 8.42 Å². The average molecular weight is 425 g/mol. The van der Waals surface area contributed by atoms with E-state index in [0.29, 0.717) is 24.4 Å². The lowest BCUT2D eigenvalue weighted by Crippen LogP contribution is -2.28. The number of ether oxygens (including phenoxy) is 1. The number of amides is 1. The summed E-state index contributed by atoms with van der Waals surface area (Å²) in [6.45, 7) is 2.68. The van der Waals surface area contributed by atoms with Gasteiger partial charge in [-0.3, -0.25) is 9.10 Å². The molecule has 1 N–H and O–H groups in total. The van der Waals surface area contributed by atoms with Crippen molar-refractivity contribution in [2.45, 2.75) is 11.8 Å². The molecule has 156 valence electrons. The number of hydrogen-bond acceptors (Lipinski definition) is 4. The van der Waals surface area contributed by atoms with Crippen molar-refractivity contribution < 1.29 is 17.9 Å². The van der Waals surface area contributed by atoms with Crippen LogP contribution in [0.4, 0.5) is 5.69 Å². The molecule has 0 saturated carbocycles. The maximum absolute atomic E-state index is 12.7. The van der Waals surface area contributed by atoms with Gasteiger partial charge in [0.1, 0.15) is 12.4 Å². The van der Waals surface area contributed by atoms with Gasteiger partial charge < -0.3 is 10.1 Å². The third-order valence-electron chi connectivity index (χ3n) is 4.63. The Morgan fingerprint density at radius 1 is 0.933 bits per heavy atom. The molecule has 0 fully saturated rings. The summed E-state index contributed by atoms with van der Waals surface area (Å²) in [4.78, 5) is 12.5. The van der Waals surface area contributed by atoms with Gasteiger partial charge in [0.05, 0.1) is 17.1 Å². The quantitative estimate of drug-likeness (QED) is 0.561. The molecule has 0 radical (unpaired) electrons. The van der Waals surface area contributed by atoms with E-state index < -0.39 is 10.0 Å². The zero-order valence-corrected chi connectivity index (χ0v) is 17.7. The van der Waals surface area contributed by atoms with Crippen molar-refractivity contribution in [2.24, 2.45) is 0 Å². The van der Waals surface area contributed by atoms with Crippen LogP contribution >= 0.6 is 0 Å². The van der Waals surface area contributed by atoms with E-state index in [-0.39, 0.29) is 10.8 Å². The fourth-order valence-corrected chi connectivity index (χ4v) is 4.07. The largest absolute Gasteiger partial charge is 0.491 e. The van der Waals surface area contributed by atoms with Crippen molar-refractivity contribution in [3.63, 3.8) is 0 Å². The van der Waals surface area contributed by atoms with E-state index in [0.717, 1.165) is 11.3 Å². The molecule has 30 heavy (non-hydrogen) atoms. The van der Waals surface area contributed by atoms with Crippen LogP contribution in [0.2, 0.25) is 0 Å². The second-order valence-corrected chi connectivity index (χ2v) is 8.67. The van der Waals surface area contributed by atoms with Crippen molar-refractivity contribution >= 4 is 21.6 Å². The minimum absolute atomic E-state index is 0.211. The molecule has 0 atom stereocenters. The van der Waals surface area contributed by atoms with Crippen LogP contribution in [0.5, 0.6) is 5.75 Å². The lowest BCUT2D eigenvalue weighted by atomic mass is 10.2. The second-order valence-electron chi connectivity index (χ2n) is 6.70. The van der Waals surface area contributed by atoms with Crippen molar-refractivity contribution in [1.29, 1.82) is 0 Å². The molecule has 0 aliphatic heterocycles. The second kappa shape index (κ2) is 9.45. The molecule has 3 rings (SSSR count). The highest BCUT2D eigenvalue weighted by atomic mass is 32.2. The topological polar surface area (TPSA) is 75.7 Å². The third kappa shape index (κ3) is 4.99. The lowest BCUT2D eigenvalue weighted by molar-refractivity contribution is 0.0947. The molecule has 0 aromatic heterocycles.